The zero-order valence-corrected chi connectivity index (χ0v) is 12.1. The Morgan fingerprint density at radius 3 is 2.68 bits per heavy atom. The van der Waals surface area contributed by atoms with Gasteiger partial charge in [0, 0.05) is 36.6 Å². The fourth-order valence-electron chi connectivity index (χ4n) is 2.46. The zero-order chi connectivity index (χ0) is 16.5. The van der Waals surface area contributed by atoms with E-state index < -0.39 is 39.3 Å². The topological polar surface area (TPSA) is 118 Å². The summed E-state index contributed by atoms with van der Waals surface area (Å²) in [6.07, 6.45) is -0.170. The van der Waals surface area contributed by atoms with Gasteiger partial charge in [0.2, 0.25) is 5.91 Å². The van der Waals surface area contributed by atoms with Gasteiger partial charge in [0.15, 0.2) is 0 Å². The summed E-state index contributed by atoms with van der Waals surface area (Å²) in [5.74, 6) is -1.98. The van der Waals surface area contributed by atoms with E-state index in [-0.39, 0.29) is 24.3 Å². The Morgan fingerprint density at radius 1 is 1.45 bits per heavy atom. The van der Waals surface area contributed by atoms with Crippen LogP contribution in [0.15, 0.2) is 18.2 Å². The first-order valence-electron chi connectivity index (χ1n) is 6.32. The maximum Gasteiger partial charge on any atom is 0.302 e. The summed E-state index contributed by atoms with van der Waals surface area (Å²) >= 11 is 0. The summed E-state index contributed by atoms with van der Waals surface area (Å²) in [7, 11) is -4.71. The van der Waals surface area contributed by atoms with E-state index in [0.717, 1.165) is 11.0 Å². The van der Waals surface area contributed by atoms with Crippen LogP contribution in [0.4, 0.5) is 15.3 Å². The number of hydrogen-bond donors (Lipinski definition) is 1. The number of benzene rings is 1. The Kier molecular flexibility index (Phi) is 4.42. The largest absolute Gasteiger partial charge is 0.392 e. The van der Waals surface area contributed by atoms with Gasteiger partial charge >= 0.3 is 10.2 Å². The Morgan fingerprint density at radius 2 is 2.14 bits per heavy atom. The van der Waals surface area contributed by atoms with E-state index in [1.54, 1.807) is 0 Å². The molecule has 0 saturated carbocycles. The molecule has 1 aromatic carbocycles. The third-order valence-corrected chi connectivity index (χ3v) is 4.25. The third kappa shape index (κ3) is 3.57. The molecular formula is C12H13FN2O6S. The third-order valence-electron chi connectivity index (χ3n) is 3.38. The van der Waals surface area contributed by atoms with Crippen LogP contribution in [0.2, 0.25) is 0 Å². The minimum Gasteiger partial charge on any atom is -0.392 e. The summed E-state index contributed by atoms with van der Waals surface area (Å²) in [4.78, 5) is 23.3. The molecule has 1 unspecified atom stereocenters. The van der Waals surface area contributed by atoms with Gasteiger partial charge in [0.25, 0.3) is 5.69 Å². The number of nitrogens with zero attached hydrogens (tertiary/aromatic N) is 2. The number of halogens is 1. The van der Waals surface area contributed by atoms with Crippen molar-refractivity contribution in [3.05, 3.63) is 33.9 Å². The summed E-state index contributed by atoms with van der Waals surface area (Å²) < 4.78 is 34.1. The highest BCUT2D eigenvalue weighted by molar-refractivity contribution is 7.86. The second-order valence-electron chi connectivity index (χ2n) is 5.01. The molecule has 1 aliphatic rings. The van der Waals surface area contributed by atoms with Crippen molar-refractivity contribution in [1.29, 1.82) is 0 Å². The van der Waals surface area contributed by atoms with Gasteiger partial charge in [-0.3, -0.25) is 14.9 Å². The number of aliphatic hydroxyl groups is 1. The number of anilines is 1. The SMILES string of the molecule is O=C1CC(CS(=O)(=O)F)CN1c1cc([N+](=O)[O-])ccc1CO. The van der Waals surface area contributed by atoms with Gasteiger partial charge in [0.05, 0.1) is 23.0 Å². The van der Waals surface area contributed by atoms with Gasteiger partial charge in [-0.2, -0.15) is 8.42 Å². The molecule has 10 heteroatoms. The van der Waals surface area contributed by atoms with Crippen LogP contribution in [0.5, 0.6) is 0 Å². The molecule has 1 amide bonds. The monoisotopic (exact) mass is 332 g/mol. The van der Waals surface area contributed by atoms with Gasteiger partial charge in [-0.05, 0) is 6.07 Å². The van der Waals surface area contributed by atoms with E-state index in [0.29, 0.717) is 5.56 Å². The van der Waals surface area contributed by atoms with Crippen molar-refractivity contribution in [2.75, 3.05) is 17.2 Å². The van der Waals surface area contributed by atoms with Crippen LogP contribution >= 0.6 is 0 Å². The van der Waals surface area contributed by atoms with Crippen molar-refractivity contribution in [2.45, 2.75) is 13.0 Å². The second kappa shape index (κ2) is 5.97. The summed E-state index contributed by atoms with van der Waals surface area (Å²) in [5.41, 5.74) is 0.171. The first kappa shape index (κ1) is 16.3. The standard InChI is InChI=1S/C12H13FN2O6S/c13-22(20,21)7-8-3-12(17)14(5-8)11-4-10(15(18)19)2-1-9(11)6-16/h1-2,4,8,16H,3,5-7H2. The lowest BCUT2D eigenvalue weighted by Gasteiger charge is -2.19. The van der Waals surface area contributed by atoms with E-state index in [1.165, 1.54) is 12.1 Å². The molecule has 120 valence electrons. The zero-order valence-electron chi connectivity index (χ0n) is 11.3. The number of amides is 1. The van der Waals surface area contributed by atoms with E-state index >= 15 is 0 Å². The molecule has 0 spiro atoms. The summed E-state index contributed by atoms with van der Waals surface area (Å²) in [5, 5.41) is 20.1. The average Bonchev–Trinajstić information content (AvgIpc) is 2.76. The molecule has 0 radical (unpaired) electrons. The molecule has 8 nitrogen and oxygen atoms in total. The fourth-order valence-corrected chi connectivity index (χ4v) is 3.24. The van der Waals surface area contributed by atoms with Crippen LogP contribution in [0.25, 0.3) is 0 Å². The molecule has 0 aliphatic carbocycles. The van der Waals surface area contributed by atoms with Crippen molar-refractivity contribution in [3.63, 3.8) is 0 Å². The Labute approximate surface area is 125 Å². The molecular weight excluding hydrogens is 319 g/mol. The molecule has 22 heavy (non-hydrogen) atoms. The number of carbonyl (C=O) groups excluding carboxylic acids is 1. The van der Waals surface area contributed by atoms with Crippen molar-refractivity contribution in [3.8, 4) is 0 Å². The van der Waals surface area contributed by atoms with Crippen molar-refractivity contribution < 1.29 is 27.1 Å². The number of rotatable bonds is 5. The number of hydrogen-bond acceptors (Lipinski definition) is 6. The van der Waals surface area contributed by atoms with Crippen LogP contribution in [-0.4, -0.2) is 36.7 Å². The van der Waals surface area contributed by atoms with E-state index in [9.17, 15) is 32.3 Å². The predicted molar refractivity (Wildman–Crippen MR) is 74.4 cm³/mol. The maximum absolute atomic E-state index is 12.7. The number of aliphatic hydroxyl groups excluding tert-OH is 1. The molecule has 1 heterocycles. The van der Waals surface area contributed by atoms with Gasteiger partial charge in [-0.25, -0.2) is 0 Å². The van der Waals surface area contributed by atoms with Crippen LogP contribution in [0, 0.1) is 16.0 Å². The van der Waals surface area contributed by atoms with Crippen molar-refractivity contribution >= 4 is 27.5 Å². The smallest absolute Gasteiger partial charge is 0.302 e. The lowest BCUT2D eigenvalue weighted by Crippen LogP contribution is -2.26. The highest BCUT2D eigenvalue weighted by atomic mass is 32.3. The molecule has 1 aliphatic heterocycles. The molecule has 2 rings (SSSR count). The first-order valence-corrected chi connectivity index (χ1v) is 7.87. The van der Waals surface area contributed by atoms with Crippen LogP contribution in [-0.2, 0) is 21.6 Å². The lowest BCUT2D eigenvalue weighted by molar-refractivity contribution is -0.384. The Hall–Kier alpha value is -2.07. The second-order valence-corrected chi connectivity index (χ2v) is 6.42. The molecule has 0 bridgehead atoms. The van der Waals surface area contributed by atoms with Crippen LogP contribution < -0.4 is 4.90 Å². The van der Waals surface area contributed by atoms with Crippen molar-refractivity contribution in [1.82, 2.24) is 0 Å². The molecule has 1 N–H and O–H groups in total. The Bertz CT molecular complexity index is 720. The van der Waals surface area contributed by atoms with E-state index in [2.05, 4.69) is 0 Å². The van der Waals surface area contributed by atoms with Gasteiger partial charge in [-0.1, -0.05) is 0 Å². The highest BCUT2D eigenvalue weighted by Crippen LogP contribution is 2.32. The number of carbonyl (C=O) groups is 1. The predicted octanol–water partition coefficient (Wildman–Crippen LogP) is 0.739. The molecule has 1 atom stereocenters. The molecule has 0 aromatic heterocycles. The maximum atomic E-state index is 12.7. The molecule has 1 aromatic rings. The lowest BCUT2D eigenvalue weighted by atomic mass is 10.1. The van der Waals surface area contributed by atoms with Gasteiger partial charge in [0.1, 0.15) is 0 Å². The van der Waals surface area contributed by atoms with Crippen LogP contribution in [0.1, 0.15) is 12.0 Å². The fraction of sp³-hybridized carbons (Fsp3) is 0.417. The minimum atomic E-state index is -4.71. The first-order chi connectivity index (χ1) is 10.2. The Balaban J connectivity index is 2.33. The van der Waals surface area contributed by atoms with E-state index in [1.807, 2.05) is 0 Å². The highest BCUT2D eigenvalue weighted by Gasteiger charge is 2.35. The van der Waals surface area contributed by atoms with Crippen LogP contribution in [0.3, 0.4) is 0 Å². The minimum absolute atomic E-state index is 0.0733. The number of nitro groups is 1. The van der Waals surface area contributed by atoms with E-state index in [4.69, 9.17) is 0 Å². The van der Waals surface area contributed by atoms with Gasteiger partial charge < -0.3 is 10.0 Å². The van der Waals surface area contributed by atoms with Crippen molar-refractivity contribution in [2.24, 2.45) is 5.92 Å². The normalized spacial score (nSPS) is 18.7. The van der Waals surface area contributed by atoms with Gasteiger partial charge in [-0.15, -0.1) is 3.89 Å². The number of nitro benzene ring substituents is 1. The quantitative estimate of drug-likeness (QED) is 0.483. The average molecular weight is 332 g/mol. The molecule has 1 saturated heterocycles. The summed E-state index contributed by atoms with van der Waals surface area (Å²) in [6.45, 7) is -0.515. The summed E-state index contributed by atoms with van der Waals surface area (Å²) in [6, 6.07) is 3.65. The molecule has 1 fully saturated rings. The number of non-ortho nitro benzene ring substituents is 1.